The molecular weight excluding hydrogens is 333 g/mol. The fourth-order valence-electron chi connectivity index (χ4n) is 1.90. The molecule has 24 heavy (non-hydrogen) atoms. The number of H-pyrrole nitrogens is 1. The van der Waals surface area contributed by atoms with E-state index in [1.807, 2.05) is 0 Å². The number of morpholine rings is 1. The highest BCUT2D eigenvalue weighted by Crippen LogP contribution is 2.18. The zero-order valence-corrected chi connectivity index (χ0v) is 12.9. The summed E-state index contributed by atoms with van der Waals surface area (Å²) >= 11 is 0. The Morgan fingerprint density at radius 3 is 2.88 bits per heavy atom. The maximum Gasteiger partial charge on any atom is 0.522 e. The van der Waals surface area contributed by atoms with Crippen molar-refractivity contribution in [1.82, 2.24) is 19.9 Å². The second-order valence-electron chi connectivity index (χ2n) is 4.87. The van der Waals surface area contributed by atoms with E-state index in [0.717, 1.165) is 5.01 Å². The van der Waals surface area contributed by atoms with Crippen molar-refractivity contribution in [1.29, 1.82) is 0 Å². The van der Waals surface area contributed by atoms with E-state index in [9.17, 15) is 18.0 Å². The first-order valence-electron chi connectivity index (χ1n) is 7.10. The van der Waals surface area contributed by atoms with Gasteiger partial charge < -0.3 is 14.6 Å². The number of nitrogens with zero attached hydrogens (tertiary/aromatic N) is 5. The van der Waals surface area contributed by atoms with Crippen LogP contribution in [0.2, 0.25) is 0 Å². The molecule has 1 aliphatic heterocycles. The summed E-state index contributed by atoms with van der Waals surface area (Å²) < 4.78 is 44.4. The molecule has 1 N–H and O–H groups in total. The van der Waals surface area contributed by atoms with E-state index in [1.165, 1.54) is 13.4 Å². The van der Waals surface area contributed by atoms with E-state index in [0.29, 0.717) is 26.3 Å². The molecule has 1 fully saturated rings. The van der Waals surface area contributed by atoms with Crippen LogP contribution in [0, 0.1) is 0 Å². The quantitative estimate of drug-likeness (QED) is 0.617. The van der Waals surface area contributed by atoms with Gasteiger partial charge in [-0.1, -0.05) is 5.22 Å². The molecule has 1 saturated heterocycles. The number of aromatic amines is 1. The number of likely N-dealkylation sites (N-methyl/N-ethyl adjacent to an activating group) is 1. The lowest BCUT2D eigenvalue weighted by Gasteiger charge is -2.26. The molecule has 0 unspecified atom stereocenters. The molecule has 0 radical (unpaired) electrons. The van der Waals surface area contributed by atoms with Crippen LogP contribution >= 0.6 is 0 Å². The number of halogens is 3. The number of ether oxygens (including phenoxy) is 2. The number of rotatable bonds is 6. The van der Waals surface area contributed by atoms with Gasteiger partial charge in [-0.25, -0.2) is 4.98 Å². The fraction of sp³-hybridized carbons (Fsp3) is 0.667. The van der Waals surface area contributed by atoms with E-state index in [4.69, 9.17) is 4.74 Å². The van der Waals surface area contributed by atoms with E-state index in [1.54, 1.807) is 4.90 Å². The largest absolute Gasteiger partial charge is 0.522 e. The molecule has 0 aliphatic carbocycles. The van der Waals surface area contributed by atoms with Crippen LogP contribution in [0.5, 0.6) is 0 Å². The Hall–Kier alpha value is -2.21. The normalized spacial score (nSPS) is 15.9. The van der Waals surface area contributed by atoms with Crippen molar-refractivity contribution in [3.8, 4) is 0 Å². The number of carbonyl (C=O) groups excluding carboxylic acids is 1. The third-order valence-corrected chi connectivity index (χ3v) is 3.10. The number of alkyl halides is 3. The summed E-state index contributed by atoms with van der Waals surface area (Å²) in [5.74, 6) is -0.220. The molecular formula is C12H17F3N6O3. The van der Waals surface area contributed by atoms with Crippen molar-refractivity contribution in [2.24, 2.45) is 10.3 Å². The van der Waals surface area contributed by atoms with Crippen molar-refractivity contribution < 1.29 is 27.4 Å². The maximum atomic E-state index is 12.3. The molecule has 1 aromatic rings. The lowest BCUT2D eigenvalue weighted by Crippen LogP contribution is -2.40. The van der Waals surface area contributed by atoms with Gasteiger partial charge in [-0.2, -0.15) is 0 Å². The smallest absolute Gasteiger partial charge is 0.378 e. The molecule has 134 valence electrons. The van der Waals surface area contributed by atoms with Crippen molar-refractivity contribution in [2.45, 2.75) is 6.36 Å². The Bertz CT molecular complexity index is 571. The molecule has 1 aromatic heterocycles. The Morgan fingerprint density at radius 2 is 2.21 bits per heavy atom. The second kappa shape index (κ2) is 8.06. The van der Waals surface area contributed by atoms with Gasteiger partial charge in [-0.05, 0) is 0 Å². The summed E-state index contributed by atoms with van der Waals surface area (Å²) in [5.41, 5.74) is 0.167. The average molecular weight is 350 g/mol. The number of carbonyl (C=O) groups is 1. The van der Waals surface area contributed by atoms with Gasteiger partial charge in [0, 0.05) is 20.1 Å². The standard InChI is InChI=1S/C12H17F3N6O3/c1-20(2-7-24-12(13,14)15)19-18-10-9(16-8-17-10)11(22)21-3-5-23-6-4-21/h8H,2-7H2,1H3,(H,16,17)/b19-18+. The van der Waals surface area contributed by atoms with E-state index in [2.05, 4.69) is 25.0 Å². The van der Waals surface area contributed by atoms with Gasteiger partial charge in [0.15, 0.2) is 5.69 Å². The first-order valence-corrected chi connectivity index (χ1v) is 7.10. The maximum absolute atomic E-state index is 12.3. The summed E-state index contributed by atoms with van der Waals surface area (Å²) in [6, 6.07) is 0. The van der Waals surface area contributed by atoms with Crippen LogP contribution in [-0.4, -0.2) is 78.6 Å². The highest BCUT2D eigenvalue weighted by atomic mass is 19.4. The van der Waals surface area contributed by atoms with Crippen LogP contribution in [0.25, 0.3) is 0 Å². The number of amides is 1. The van der Waals surface area contributed by atoms with Crippen LogP contribution in [-0.2, 0) is 9.47 Å². The Labute approximate surface area is 135 Å². The van der Waals surface area contributed by atoms with Crippen LogP contribution in [0.3, 0.4) is 0 Å². The summed E-state index contributed by atoms with van der Waals surface area (Å²) in [7, 11) is 1.43. The van der Waals surface area contributed by atoms with Crippen molar-refractivity contribution in [3.63, 3.8) is 0 Å². The minimum Gasteiger partial charge on any atom is -0.378 e. The SMILES string of the molecule is CN(CCOC(F)(F)F)/N=N/c1nc[nH]c1C(=O)N1CCOCC1. The Morgan fingerprint density at radius 1 is 1.50 bits per heavy atom. The molecule has 1 amide bonds. The monoisotopic (exact) mass is 350 g/mol. The summed E-state index contributed by atoms with van der Waals surface area (Å²) in [6.45, 7) is 1.13. The summed E-state index contributed by atoms with van der Waals surface area (Å²) in [4.78, 5) is 20.5. The zero-order chi connectivity index (χ0) is 17.6. The van der Waals surface area contributed by atoms with Crippen molar-refractivity contribution in [2.75, 3.05) is 46.5 Å². The Balaban J connectivity index is 1.90. The predicted octanol–water partition coefficient (Wildman–Crippen LogP) is 1.35. The third-order valence-electron chi connectivity index (χ3n) is 3.10. The topological polar surface area (TPSA) is 95.4 Å². The lowest BCUT2D eigenvalue weighted by molar-refractivity contribution is -0.324. The lowest BCUT2D eigenvalue weighted by atomic mass is 10.3. The molecule has 0 atom stereocenters. The fourth-order valence-corrected chi connectivity index (χ4v) is 1.90. The number of hydrogen-bond donors (Lipinski definition) is 1. The number of hydrogen-bond acceptors (Lipinski definition) is 6. The van der Waals surface area contributed by atoms with Crippen LogP contribution in [0.4, 0.5) is 19.0 Å². The number of nitrogens with one attached hydrogen (secondary N) is 1. The molecule has 2 rings (SSSR count). The number of aromatic nitrogens is 2. The highest BCUT2D eigenvalue weighted by molar-refractivity contribution is 5.96. The van der Waals surface area contributed by atoms with Crippen LogP contribution in [0.15, 0.2) is 16.7 Å². The predicted molar refractivity (Wildman–Crippen MR) is 74.5 cm³/mol. The van der Waals surface area contributed by atoms with Gasteiger partial charge in [0.05, 0.1) is 32.7 Å². The van der Waals surface area contributed by atoms with Gasteiger partial charge in [-0.3, -0.25) is 14.5 Å². The molecule has 9 nitrogen and oxygen atoms in total. The summed E-state index contributed by atoms with van der Waals surface area (Å²) in [5, 5.41) is 8.65. The van der Waals surface area contributed by atoms with Gasteiger partial charge in [0.1, 0.15) is 0 Å². The highest BCUT2D eigenvalue weighted by Gasteiger charge is 2.28. The first kappa shape index (κ1) is 18.1. The van der Waals surface area contributed by atoms with Gasteiger partial charge >= 0.3 is 6.36 Å². The molecule has 1 aliphatic rings. The van der Waals surface area contributed by atoms with E-state index >= 15 is 0 Å². The molecule has 0 aromatic carbocycles. The van der Waals surface area contributed by atoms with Crippen molar-refractivity contribution in [3.05, 3.63) is 12.0 Å². The molecule has 0 saturated carbocycles. The van der Waals surface area contributed by atoms with Crippen LogP contribution < -0.4 is 0 Å². The molecule has 0 spiro atoms. The Kier molecular flexibility index (Phi) is 6.09. The minimum atomic E-state index is -4.68. The molecule has 0 bridgehead atoms. The first-order chi connectivity index (χ1) is 11.4. The van der Waals surface area contributed by atoms with Gasteiger partial charge in [0.2, 0.25) is 5.82 Å². The number of imidazole rings is 1. The second-order valence-corrected chi connectivity index (χ2v) is 4.87. The summed E-state index contributed by atoms with van der Waals surface area (Å²) in [6.07, 6.45) is -3.38. The molecule has 12 heteroatoms. The zero-order valence-electron chi connectivity index (χ0n) is 12.9. The minimum absolute atomic E-state index is 0.0649. The van der Waals surface area contributed by atoms with Gasteiger partial charge in [0.25, 0.3) is 5.91 Å². The van der Waals surface area contributed by atoms with Crippen LogP contribution in [0.1, 0.15) is 10.5 Å². The van der Waals surface area contributed by atoms with Crippen molar-refractivity contribution >= 4 is 11.7 Å². The van der Waals surface area contributed by atoms with Gasteiger partial charge in [-0.15, -0.1) is 18.3 Å². The molecule has 2 heterocycles. The van der Waals surface area contributed by atoms with E-state index in [-0.39, 0.29) is 24.0 Å². The average Bonchev–Trinajstić information content (AvgIpc) is 3.00. The third kappa shape index (κ3) is 5.45. The van der Waals surface area contributed by atoms with E-state index < -0.39 is 13.0 Å².